The summed E-state index contributed by atoms with van der Waals surface area (Å²) >= 11 is 0. The lowest BCUT2D eigenvalue weighted by Gasteiger charge is -2.15. The summed E-state index contributed by atoms with van der Waals surface area (Å²) in [7, 11) is 0. The second kappa shape index (κ2) is 5.36. The summed E-state index contributed by atoms with van der Waals surface area (Å²) in [5.41, 5.74) is 1.99. The first kappa shape index (κ1) is 12.2. The van der Waals surface area contributed by atoms with Crippen molar-refractivity contribution in [2.45, 2.75) is 12.8 Å². The predicted molar refractivity (Wildman–Crippen MR) is 69.1 cm³/mol. The van der Waals surface area contributed by atoms with Crippen molar-refractivity contribution in [3.63, 3.8) is 0 Å². The van der Waals surface area contributed by atoms with Crippen LogP contribution in [-0.4, -0.2) is 11.3 Å². The molecule has 0 aromatic heterocycles. The summed E-state index contributed by atoms with van der Waals surface area (Å²) in [6, 6.07) is 17.1. The lowest BCUT2D eigenvalue weighted by Crippen LogP contribution is -2.07. The Morgan fingerprint density at radius 2 is 1.67 bits per heavy atom. The van der Waals surface area contributed by atoms with Gasteiger partial charge in [-0.05, 0) is 11.6 Å². The van der Waals surface area contributed by atoms with Crippen LogP contribution in [-0.2, 0) is 0 Å². The van der Waals surface area contributed by atoms with Gasteiger partial charge in [0.05, 0.1) is 0 Å². The van der Waals surface area contributed by atoms with Crippen LogP contribution in [0.3, 0.4) is 0 Å². The third-order valence-corrected chi connectivity index (χ3v) is 2.88. The summed E-state index contributed by atoms with van der Waals surface area (Å²) in [6.07, 6.45) is -1.29. The van der Waals surface area contributed by atoms with Crippen LogP contribution in [0.1, 0.15) is 24.0 Å². The number of rotatable bonds is 3. The largest absolute Gasteiger partial charge is 0.511 e. The van der Waals surface area contributed by atoms with Gasteiger partial charge in [0, 0.05) is 11.5 Å². The summed E-state index contributed by atoms with van der Waals surface area (Å²) < 4.78 is 4.80. The van der Waals surface area contributed by atoms with Crippen LogP contribution in [0, 0.1) is 0 Å². The van der Waals surface area contributed by atoms with Gasteiger partial charge in [-0.15, -0.1) is 0 Å². The molecule has 1 N–H and O–H groups in total. The first-order chi connectivity index (χ1) is 8.68. The quantitative estimate of drug-likeness (QED) is 0.656. The van der Waals surface area contributed by atoms with Crippen LogP contribution in [0.5, 0.6) is 5.75 Å². The lowest BCUT2D eigenvalue weighted by molar-refractivity contribution is 0.144. The minimum atomic E-state index is -1.29. The van der Waals surface area contributed by atoms with Crippen LogP contribution >= 0.6 is 0 Å². The van der Waals surface area contributed by atoms with Gasteiger partial charge in [0.1, 0.15) is 5.75 Å². The van der Waals surface area contributed by atoms with Crippen molar-refractivity contribution in [1.82, 2.24) is 0 Å². The van der Waals surface area contributed by atoms with E-state index in [1.807, 2.05) is 49.4 Å². The maximum absolute atomic E-state index is 10.7. The van der Waals surface area contributed by atoms with Crippen molar-refractivity contribution in [2.75, 3.05) is 0 Å². The van der Waals surface area contributed by atoms with Crippen molar-refractivity contribution in [2.24, 2.45) is 0 Å². The summed E-state index contributed by atoms with van der Waals surface area (Å²) in [5.74, 6) is 0.475. The van der Waals surface area contributed by atoms with E-state index in [-0.39, 0.29) is 5.92 Å². The SMILES string of the molecule is CC(c1ccccc1)c1ccccc1OC(=O)O. The molecule has 18 heavy (non-hydrogen) atoms. The fourth-order valence-electron chi connectivity index (χ4n) is 1.95. The average molecular weight is 242 g/mol. The molecule has 0 fully saturated rings. The monoisotopic (exact) mass is 242 g/mol. The van der Waals surface area contributed by atoms with Gasteiger partial charge in [-0.3, -0.25) is 0 Å². The smallest absolute Gasteiger partial charge is 0.449 e. The van der Waals surface area contributed by atoms with Crippen LogP contribution < -0.4 is 4.74 Å². The number of benzene rings is 2. The van der Waals surface area contributed by atoms with Crippen LogP contribution in [0.2, 0.25) is 0 Å². The Balaban J connectivity index is 2.36. The predicted octanol–water partition coefficient (Wildman–Crippen LogP) is 3.90. The molecule has 2 rings (SSSR count). The molecule has 0 spiro atoms. The van der Waals surface area contributed by atoms with Crippen LogP contribution in [0.15, 0.2) is 54.6 Å². The van der Waals surface area contributed by atoms with E-state index in [1.54, 1.807) is 12.1 Å². The van der Waals surface area contributed by atoms with Gasteiger partial charge < -0.3 is 9.84 Å². The Labute approximate surface area is 106 Å². The Morgan fingerprint density at radius 3 is 2.33 bits per heavy atom. The van der Waals surface area contributed by atoms with Gasteiger partial charge in [0.15, 0.2) is 0 Å². The number of para-hydroxylation sites is 1. The summed E-state index contributed by atoms with van der Waals surface area (Å²) in [4.78, 5) is 10.7. The topological polar surface area (TPSA) is 46.5 Å². The van der Waals surface area contributed by atoms with Gasteiger partial charge in [-0.2, -0.15) is 0 Å². The fraction of sp³-hybridized carbons (Fsp3) is 0.133. The third kappa shape index (κ3) is 2.69. The lowest BCUT2D eigenvalue weighted by atomic mass is 9.92. The summed E-state index contributed by atoms with van der Waals surface area (Å²) in [5, 5.41) is 8.72. The highest BCUT2D eigenvalue weighted by Gasteiger charge is 2.14. The van der Waals surface area contributed by atoms with E-state index in [1.165, 1.54) is 0 Å². The van der Waals surface area contributed by atoms with E-state index < -0.39 is 6.16 Å². The third-order valence-electron chi connectivity index (χ3n) is 2.88. The van der Waals surface area contributed by atoms with Crippen LogP contribution in [0.25, 0.3) is 0 Å². The van der Waals surface area contributed by atoms with E-state index in [4.69, 9.17) is 9.84 Å². The Kier molecular flexibility index (Phi) is 3.63. The van der Waals surface area contributed by atoms with Crippen molar-refractivity contribution < 1.29 is 14.6 Å². The molecule has 92 valence electrons. The molecule has 1 atom stereocenters. The molecule has 0 radical (unpaired) electrons. The Morgan fingerprint density at radius 1 is 1.06 bits per heavy atom. The second-order valence-corrected chi connectivity index (χ2v) is 4.04. The van der Waals surface area contributed by atoms with Gasteiger partial charge in [0.25, 0.3) is 0 Å². The zero-order chi connectivity index (χ0) is 13.0. The molecular formula is C15H14O3. The highest BCUT2D eigenvalue weighted by molar-refractivity contribution is 5.62. The fourth-order valence-corrected chi connectivity index (χ4v) is 1.95. The number of ether oxygens (including phenoxy) is 1. The maximum Gasteiger partial charge on any atom is 0.511 e. The molecule has 0 aliphatic rings. The van der Waals surface area contributed by atoms with Gasteiger partial charge in [-0.25, -0.2) is 4.79 Å². The number of carboxylic acid groups (broad SMARTS) is 1. The molecule has 0 heterocycles. The van der Waals surface area contributed by atoms with Gasteiger partial charge >= 0.3 is 6.16 Å². The van der Waals surface area contributed by atoms with Gasteiger partial charge in [0.2, 0.25) is 0 Å². The van der Waals surface area contributed by atoms with Crippen molar-refractivity contribution >= 4 is 6.16 Å². The molecular weight excluding hydrogens is 228 g/mol. The van der Waals surface area contributed by atoms with Crippen molar-refractivity contribution in [3.05, 3.63) is 65.7 Å². The normalized spacial score (nSPS) is 11.8. The number of hydrogen-bond donors (Lipinski definition) is 1. The summed E-state index contributed by atoms with van der Waals surface area (Å²) in [6.45, 7) is 2.03. The zero-order valence-electron chi connectivity index (χ0n) is 10.0. The zero-order valence-corrected chi connectivity index (χ0v) is 10.0. The standard InChI is InChI=1S/C15H14O3/c1-11(12-7-3-2-4-8-12)13-9-5-6-10-14(13)18-15(16)17/h2-11H,1H3,(H,16,17). The molecule has 3 nitrogen and oxygen atoms in total. The molecule has 0 bridgehead atoms. The Bertz CT molecular complexity index is 534. The van der Waals surface area contributed by atoms with Gasteiger partial charge in [-0.1, -0.05) is 55.5 Å². The average Bonchev–Trinajstić information content (AvgIpc) is 2.39. The highest BCUT2D eigenvalue weighted by Crippen LogP contribution is 2.31. The van der Waals surface area contributed by atoms with E-state index >= 15 is 0 Å². The molecule has 0 aliphatic carbocycles. The maximum atomic E-state index is 10.7. The molecule has 0 aliphatic heterocycles. The van der Waals surface area contributed by atoms with E-state index in [9.17, 15) is 4.79 Å². The number of carbonyl (C=O) groups is 1. The minimum absolute atomic E-state index is 0.0850. The second-order valence-electron chi connectivity index (χ2n) is 4.04. The minimum Gasteiger partial charge on any atom is -0.449 e. The molecule has 2 aromatic rings. The molecule has 0 amide bonds. The molecule has 3 heteroatoms. The molecule has 1 unspecified atom stereocenters. The first-order valence-corrected chi connectivity index (χ1v) is 5.73. The molecule has 2 aromatic carbocycles. The number of hydrogen-bond acceptors (Lipinski definition) is 2. The van der Waals surface area contributed by atoms with Crippen LogP contribution in [0.4, 0.5) is 4.79 Å². The first-order valence-electron chi connectivity index (χ1n) is 5.73. The van der Waals surface area contributed by atoms with E-state index in [0.717, 1.165) is 11.1 Å². The molecule has 0 saturated carbocycles. The Hall–Kier alpha value is -2.29. The van der Waals surface area contributed by atoms with E-state index in [2.05, 4.69) is 0 Å². The van der Waals surface area contributed by atoms with Crippen molar-refractivity contribution in [1.29, 1.82) is 0 Å². The highest BCUT2D eigenvalue weighted by atomic mass is 16.7. The van der Waals surface area contributed by atoms with E-state index in [0.29, 0.717) is 5.75 Å². The van der Waals surface area contributed by atoms with Crippen molar-refractivity contribution in [3.8, 4) is 5.75 Å². The molecule has 0 saturated heterocycles.